The monoisotopic (exact) mass is 449 g/mol. The van der Waals surface area contributed by atoms with Crippen LogP contribution < -0.4 is 9.47 Å². The third-order valence-corrected chi connectivity index (χ3v) is 6.26. The van der Waals surface area contributed by atoms with E-state index in [9.17, 15) is 9.90 Å². The van der Waals surface area contributed by atoms with Gasteiger partial charge in [0.2, 0.25) is 12.7 Å². The number of carbonyl (C=O) groups is 1. The third-order valence-electron chi connectivity index (χ3n) is 6.26. The normalized spacial score (nSPS) is 16.8. The first kappa shape index (κ1) is 21.4. The summed E-state index contributed by atoms with van der Waals surface area (Å²) in [6.07, 6.45) is 0.303. The van der Waals surface area contributed by atoms with Crippen LogP contribution in [0.5, 0.6) is 17.4 Å². The number of aromatic nitrogens is 1. The van der Waals surface area contributed by atoms with Crippen molar-refractivity contribution in [2.45, 2.75) is 13.0 Å². The second kappa shape index (κ2) is 9.21. The fraction of sp³-hybridized carbons (Fsp3) is 0.375. The van der Waals surface area contributed by atoms with Gasteiger partial charge in [0.15, 0.2) is 17.2 Å². The molecule has 0 radical (unpaired) electrons. The minimum atomic E-state index is -0.287. The molecule has 172 valence electrons. The summed E-state index contributed by atoms with van der Waals surface area (Å²) in [7, 11) is 1.75. The van der Waals surface area contributed by atoms with Crippen LogP contribution in [0.1, 0.15) is 12.0 Å². The molecule has 9 heteroatoms. The highest BCUT2D eigenvalue weighted by Gasteiger charge is 2.20. The van der Waals surface area contributed by atoms with Gasteiger partial charge in [-0.15, -0.1) is 10.2 Å². The average molecular weight is 450 g/mol. The van der Waals surface area contributed by atoms with Crippen molar-refractivity contribution < 1.29 is 19.4 Å². The maximum absolute atomic E-state index is 12.3. The van der Waals surface area contributed by atoms with Gasteiger partial charge in [-0.25, -0.2) is 0 Å². The van der Waals surface area contributed by atoms with Crippen molar-refractivity contribution in [3.8, 4) is 17.4 Å². The predicted molar refractivity (Wildman–Crippen MR) is 123 cm³/mol. The zero-order chi connectivity index (χ0) is 22.8. The van der Waals surface area contributed by atoms with Crippen LogP contribution in [-0.4, -0.2) is 64.9 Å². The van der Waals surface area contributed by atoms with Crippen molar-refractivity contribution in [1.82, 2.24) is 14.4 Å². The largest absolute Gasteiger partial charge is 0.493 e. The van der Waals surface area contributed by atoms with Gasteiger partial charge in [0.25, 0.3) is 5.91 Å². The summed E-state index contributed by atoms with van der Waals surface area (Å²) in [5.41, 5.74) is 2.38. The molecule has 1 amide bonds. The van der Waals surface area contributed by atoms with Crippen LogP contribution in [0.25, 0.3) is 10.9 Å². The van der Waals surface area contributed by atoms with Gasteiger partial charge in [0.1, 0.15) is 0 Å². The van der Waals surface area contributed by atoms with Crippen molar-refractivity contribution >= 4 is 22.5 Å². The molecule has 2 aromatic carbocycles. The molecular weight excluding hydrogens is 422 g/mol. The van der Waals surface area contributed by atoms with Crippen molar-refractivity contribution in [1.29, 1.82) is 0 Å². The van der Waals surface area contributed by atoms with E-state index in [2.05, 4.69) is 26.1 Å². The summed E-state index contributed by atoms with van der Waals surface area (Å²) in [6, 6.07) is 13.6. The molecule has 9 nitrogen and oxygen atoms in total. The molecule has 3 aromatic rings. The number of nitrogens with zero attached hydrogens (tertiary/aromatic N) is 5. The maximum Gasteiger partial charge on any atom is 0.266 e. The number of azo groups is 1. The van der Waals surface area contributed by atoms with Crippen molar-refractivity contribution in [3.63, 3.8) is 0 Å². The number of ether oxygens (including phenoxy) is 2. The van der Waals surface area contributed by atoms with E-state index in [0.29, 0.717) is 25.4 Å². The maximum atomic E-state index is 12.3. The van der Waals surface area contributed by atoms with Gasteiger partial charge in [-0.05, 0) is 23.8 Å². The molecule has 1 fully saturated rings. The summed E-state index contributed by atoms with van der Waals surface area (Å²) in [4.78, 5) is 17.0. The van der Waals surface area contributed by atoms with Crippen LogP contribution in [0.15, 0.2) is 52.7 Å². The lowest BCUT2D eigenvalue weighted by molar-refractivity contribution is -0.118. The Hall–Kier alpha value is -3.43. The summed E-state index contributed by atoms with van der Waals surface area (Å²) < 4.78 is 12.5. The van der Waals surface area contributed by atoms with E-state index in [1.807, 2.05) is 36.4 Å². The van der Waals surface area contributed by atoms with Crippen LogP contribution in [-0.2, 0) is 18.4 Å². The third kappa shape index (κ3) is 4.55. The number of hydrogen-bond acceptors (Lipinski definition) is 7. The zero-order valence-electron chi connectivity index (χ0n) is 18.6. The number of carbonyl (C=O) groups excluding carboxylic acids is 1. The lowest BCUT2D eigenvalue weighted by Crippen LogP contribution is -2.46. The highest BCUT2D eigenvalue weighted by molar-refractivity contribution is 5.95. The topological polar surface area (TPSA) is 91.9 Å². The second-order valence-corrected chi connectivity index (χ2v) is 8.40. The Morgan fingerprint density at radius 3 is 2.64 bits per heavy atom. The number of benzene rings is 2. The fourth-order valence-corrected chi connectivity index (χ4v) is 4.34. The van der Waals surface area contributed by atoms with E-state index in [-0.39, 0.29) is 11.8 Å². The van der Waals surface area contributed by atoms with Gasteiger partial charge in [-0.1, -0.05) is 24.3 Å². The zero-order valence-corrected chi connectivity index (χ0v) is 18.6. The van der Waals surface area contributed by atoms with Crippen LogP contribution in [0.4, 0.5) is 5.69 Å². The van der Waals surface area contributed by atoms with E-state index < -0.39 is 0 Å². The first-order valence-electron chi connectivity index (χ1n) is 11.1. The van der Waals surface area contributed by atoms with Gasteiger partial charge < -0.3 is 24.0 Å². The summed E-state index contributed by atoms with van der Waals surface area (Å²) in [5, 5.41) is 19.0. The smallest absolute Gasteiger partial charge is 0.266 e. The molecule has 2 aliphatic heterocycles. The molecule has 1 N–H and O–H groups in total. The lowest BCUT2D eigenvalue weighted by Gasteiger charge is -2.34. The number of para-hydroxylation sites is 1. The highest BCUT2D eigenvalue weighted by atomic mass is 16.7. The lowest BCUT2D eigenvalue weighted by atomic mass is 10.1. The average Bonchev–Trinajstić information content (AvgIpc) is 3.40. The molecule has 0 saturated carbocycles. The molecule has 0 unspecified atom stereocenters. The Labute approximate surface area is 191 Å². The van der Waals surface area contributed by atoms with Gasteiger partial charge in [-0.2, -0.15) is 0 Å². The molecule has 5 rings (SSSR count). The van der Waals surface area contributed by atoms with Gasteiger partial charge in [-0.3, -0.25) is 9.69 Å². The Balaban J connectivity index is 1.10. The van der Waals surface area contributed by atoms with Gasteiger partial charge >= 0.3 is 0 Å². The first-order chi connectivity index (χ1) is 16.1. The number of aromatic hydroxyl groups is 1. The summed E-state index contributed by atoms with van der Waals surface area (Å²) in [5.74, 6) is 1.34. The van der Waals surface area contributed by atoms with Gasteiger partial charge in [0, 0.05) is 58.1 Å². The number of rotatable bonds is 6. The Bertz CT molecular complexity index is 1200. The number of fused-ring (bicyclic) bond motifs is 2. The van der Waals surface area contributed by atoms with E-state index in [1.165, 1.54) is 5.56 Å². The highest BCUT2D eigenvalue weighted by Crippen LogP contribution is 2.37. The van der Waals surface area contributed by atoms with E-state index >= 15 is 0 Å². The quantitative estimate of drug-likeness (QED) is 0.580. The van der Waals surface area contributed by atoms with E-state index in [4.69, 9.17) is 9.47 Å². The molecule has 0 atom stereocenters. The van der Waals surface area contributed by atoms with Crippen LogP contribution >= 0.6 is 0 Å². The molecule has 0 aliphatic carbocycles. The minimum absolute atomic E-state index is 0.00586. The molecule has 33 heavy (non-hydrogen) atoms. The molecule has 1 saturated heterocycles. The predicted octanol–water partition coefficient (Wildman–Crippen LogP) is 3.43. The van der Waals surface area contributed by atoms with Crippen LogP contribution in [0, 0.1) is 0 Å². The van der Waals surface area contributed by atoms with E-state index in [0.717, 1.165) is 55.1 Å². The molecular formula is C24H27N5O4. The van der Waals surface area contributed by atoms with Gasteiger partial charge in [0.05, 0.1) is 5.52 Å². The standard InChI is InChI=1S/C24H27N5O4/c1-27-19-5-3-2-4-18(19)23(24(27)31)26-25-22(30)8-9-28-10-12-29(13-11-28)15-17-6-7-20-21(14-17)33-16-32-20/h2-7,14,31H,8-13,15-16H2,1H3. The van der Waals surface area contributed by atoms with E-state index in [1.54, 1.807) is 11.6 Å². The van der Waals surface area contributed by atoms with Crippen molar-refractivity contribution in [2.75, 3.05) is 39.5 Å². The van der Waals surface area contributed by atoms with Crippen LogP contribution in [0.2, 0.25) is 0 Å². The number of hydrogen-bond donors (Lipinski definition) is 1. The molecule has 1 aromatic heterocycles. The molecule has 0 spiro atoms. The number of piperazine rings is 1. The first-order valence-corrected chi connectivity index (χ1v) is 11.1. The Morgan fingerprint density at radius 2 is 1.79 bits per heavy atom. The Morgan fingerprint density at radius 1 is 1.03 bits per heavy atom. The molecule has 0 bridgehead atoms. The van der Waals surface area contributed by atoms with Crippen LogP contribution in [0.3, 0.4) is 0 Å². The summed E-state index contributed by atoms with van der Waals surface area (Å²) >= 11 is 0. The Kier molecular flexibility index (Phi) is 5.97. The number of aryl methyl sites for hydroxylation is 1. The molecule has 2 aliphatic rings. The van der Waals surface area contributed by atoms with Crippen molar-refractivity contribution in [3.05, 3.63) is 48.0 Å². The minimum Gasteiger partial charge on any atom is -0.493 e. The van der Waals surface area contributed by atoms with Crippen molar-refractivity contribution in [2.24, 2.45) is 17.3 Å². The molecule has 3 heterocycles. The second-order valence-electron chi connectivity index (χ2n) is 8.40. The summed E-state index contributed by atoms with van der Waals surface area (Å²) in [6.45, 7) is 5.49. The number of amides is 1. The fourth-order valence-electron chi connectivity index (χ4n) is 4.34. The SMILES string of the molecule is Cn1c(O)c(N=NC(=O)CCN2CCN(Cc3ccc4c(c3)OCO4)CC2)c2ccccc21.